The summed E-state index contributed by atoms with van der Waals surface area (Å²) in [5, 5.41) is 0. The molecule has 96 valence electrons. The lowest BCUT2D eigenvalue weighted by molar-refractivity contribution is -0.361. The van der Waals surface area contributed by atoms with Crippen molar-refractivity contribution in [3.63, 3.8) is 0 Å². The summed E-state index contributed by atoms with van der Waals surface area (Å²) < 4.78 is 14.3. The monoisotopic (exact) mass is 237 g/mol. The minimum absolute atomic E-state index is 0.0196. The maximum atomic E-state index is 6.11. The Morgan fingerprint density at radius 2 is 1.65 bits per heavy atom. The van der Waals surface area contributed by atoms with E-state index in [4.69, 9.17) is 9.47 Å². The van der Waals surface area contributed by atoms with Crippen LogP contribution < -0.4 is 0 Å². The van der Waals surface area contributed by atoms with E-state index >= 15 is 0 Å². The van der Waals surface area contributed by atoms with E-state index in [1.807, 2.05) is 26.0 Å². The van der Waals surface area contributed by atoms with E-state index in [2.05, 4.69) is 37.7 Å². The van der Waals surface area contributed by atoms with Gasteiger partial charge in [0.2, 0.25) is 0 Å². The Morgan fingerprint density at radius 3 is 2.18 bits per heavy atom. The van der Waals surface area contributed by atoms with Crippen LogP contribution >= 0.6 is 0 Å². The standard InChI is InChI=1S/C14H23NO2/c1-6-11-13(2,3)12(15-9-7-8-10-15)17-14(4,5)16-11/h7-12H,6H2,1-5H3/t11-,12-/m1/s1. The zero-order valence-corrected chi connectivity index (χ0v) is 11.4. The Bertz CT molecular complexity index is 368. The maximum Gasteiger partial charge on any atom is 0.165 e. The Morgan fingerprint density at radius 1 is 1.06 bits per heavy atom. The van der Waals surface area contributed by atoms with Crippen molar-refractivity contribution in [2.24, 2.45) is 5.41 Å². The van der Waals surface area contributed by atoms with Crippen LogP contribution in [0.4, 0.5) is 0 Å². The summed E-state index contributed by atoms with van der Waals surface area (Å²) >= 11 is 0. The minimum Gasteiger partial charge on any atom is -0.346 e. The average Bonchev–Trinajstić information content (AvgIpc) is 2.74. The van der Waals surface area contributed by atoms with Crippen LogP contribution in [0, 0.1) is 5.41 Å². The number of hydrogen-bond donors (Lipinski definition) is 0. The fraction of sp³-hybridized carbons (Fsp3) is 0.714. The fourth-order valence-electron chi connectivity index (χ4n) is 2.66. The second kappa shape index (κ2) is 4.14. The van der Waals surface area contributed by atoms with Crippen molar-refractivity contribution >= 4 is 0 Å². The molecule has 1 aromatic heterocycles. The third kappa shape index (κ3) is 2.26. The smallest absolute Gasteiger partial charge is 0.165 e. The lowest BCUT2D eigenvalue weighted by atomic mass is 9.81. The summed E-state index contributed by atoms with van der Waals surface area (Å²) in [4.78, 5) is 0. The van der Waals surface area contributed by atoms with Gasteiger partial charge in [-0.15, -0.1) is 0 Å². The minimum atomic E-state index is -0.523. The molecule has 3 nitrogen and oxygen atoms in total. The first-order valence-electron chi connectivity index (χ1n) is 6.35. The largest absolute Gasteiger partial charge is 0.346 e. The number of nitrogens with zero attached hydrogens (tertiary/aromatic N) is 1. The quantitative estimate of drug-likeness (QED) is 0.785. The molecule has 17 heavy (non-hydrogen) atoms. The molecule has 0 N–H and O–H groups in total. The topological polar surface area (TPSA) is 23.4 Å². The molecular weight excluding hydrogens is 214 g/mol. The number of hydrogen-bond acceptors (Lipinski definition) is 2. The van der Waals surface area contributed by atoms with Crippen molar-refractivity contribution in [1.82, 2.24) is 4.57 Å². The third-order valence-electron chi connectivity index (χ3n) is 3.56. The number of aromatic nitrogens is 1. The summed E-state index contributed by atoms with van der Waals surface area (Å²) in [6, 6.07) is 4.06. The summed E-state index contributed by atoms with van der Waals surface area (Å²) in [7, 11) is 0. The molecule has 0 aromatic carbocycles. The van der Waals surface area contributed by atoms with E-state index in [1.54, 1.807) is 0 Å². The molecule has 1 aliphatic heterocycles. The lowest BCUT2D eigenvalue weighted by Crippen LogP contribution is -2.53. The van der Waals surface area contributed by atoms with Gasteiger partial charge in [0, 0.05) is 17.8 Å². The molecule has 0 aliphatic carbocycles. The molecule has 0 radical (unpaired) electrons. The van der Waals surface area contributed by atoms with Gasteiger partial charge in [-0.25, -0.2) is 0 Å². The van der Waals surface area contributed by atoms with Crippen LogP contribution in [-0.2, 0) is 9.47 Å². The van der Waals surface area contributed by atoms with E-state index in [1.165, 1.54) is 0 Å². The lowest BCUT2D eigenvalue weighted by Gasteiger charge is -2.51. The molecule has 3 heteroatoms. The van der Waals surface area contributed by atoms with Gasteiger partial charge >= 0.3 is 0 Å². The molecule has 0 saturated carbocycles. The van der Waals surface area contributed by atoms with Gasteiger partial charge < -0.3 is 14.0 Å². The third-order valence-corrected chi connectivity index (χ3v) is 3.56. The van der Waals surface area contributed by atoms with Crippen LogP contribution in [0.5, 0.6) is 0 Å². The van der Waals surface area contributed by atoms with Gasteiger partial charge in [-0.3, -0.25) is 0 Å². The molecule has 1 fully saturated rings. The van der Waals surface area contributed by atoms with Crippen molar-refractivity contribution < 1.29 is 9.47 Å². The van der Waals surface area contributed by atoms with E-state index in [0.29, 0.717) is 0 Å². The number of rotatable bonds is 2. The first kappa shape index (κ1) is 12.7. The highest BCUT2D eigenvalue weighted by Crippen LogP contribution is 2.46. The van der Waals surface area contributed by atoms with Crippen LogP contribution in [0.2, 0.25) is 0 Å². The van der Waals surface area contributed by atoms with Crippen LogP contribution in [0.15, 0.2) is 24.5 Å². The summed E-state index contributed by atoms with van der Waals surface area (Å²) in [5.74, 6) is -0.523. The molecule has 2 atom stereocenters. The van der Waals surface area contributed by atoms with Crippen molar-refractivity contribution in [3.8, 4) is 0 Å². The Labute approximate surface area is 104 Å². The van der Waals surface area contributed by atoms with Gasteiger partial charge in [-0.1, -0.05) is 20.8 Å². The van der Waals surface area contributed by atoms with Gasteiger partial charge in [0.05, 0.1) is 6.10 Å². The highest BCUT2D eigenvalue weighted by Gasteiger charge is 2.48. The predicted molar refractivity (Wildman–Crippen MR) is 67.6 cm³/mol. The van der Waals surface area contributed by atoms with Gasteiger partial charge in [0.25, 0.3) is 0 Å². The van der Waals surface area contributed by atoms with Crippen LogP contribution in [0.25, 0.3) is 0 Å². The van der Waals surface area contributed by atoms with Gasteiger partial charge in [-0.2, -0.15) is 0 Å². The summed E-state index contributed by atoms with van der Waals surface area (Å²) in [5.41, 5.74) is -0.0384. The Hall–Kier alpha value is -0.800. The molecular formula is C14H23NO2. The molecule has 0 bridgehead atoms. The Kier molecular flexibility index (Phi) is 3.08. The van der Waals surface area contributed by atoms with Crippen molar-refractivity contribution in [2.75, 3.05) is 0 Å². The van der Waals surface area contributed by atoms with Gasteiger partial charge in [0.15, 0.2) is 5.79 Å². The molecule has 2 rings (SSSR count). The van der Waals surface area contributed by atoms with E-state index in [0.717, 1.165) is 6.42 Å². The van der Waals surface area contributed by atoms with Gasteiger partial charge in [0.1, 0.15) is 6.23 Å². The molecule has 1 aromatic rings. The Balaban J connectivity index is 2.34. The number of ether oxygens (including phenoxy) is 2. The fourth-order valence-corrected chi connectivity index (χ4v) is 2.66. The van der Waals surface area contributed by atoms with E-state index < -0.39 is 5.79 Å². The summed E-state index contributed by atoms with van der Waals surface area (Å²) in [6.45, 7) is 10.6. The highest BCUT2D eigenvalue weighted by molar-refractivity contribution is 4.97. The second-order valence-corrected chi connectivity index (χ2v) is 5.84. The van der Waals surface area contributed by atoms with Gasteiger partial charge in [-0.05, 0) is 32.4 Å². The van der Waals surface area contributed by atoms with E-state index in [-0.39, 0.29) is 17.7 Å². The summed E-state index contributed by atoms with van der Waals surface area (Å²) in [6.07, 6.45) is 5.34. The average molecular weight is 237 g/mol. The highest BCUT2D eigenvalue weighted by atomic mass is 16.7. The second-order valence-electron chi connectivity index (χ2n) is 5.84. The molecule has 0 amide bonds. The first-order chi connectivity index (χ1) is 7.87. The van der Waals surface area contributed by atoms with Crippen molar-refractivity contribution in [2.45, 2.75) is 59.2 Å². The zero-order chi connectivity index (χ0) is 12.7. The molecule has 0 spiro atoms. The molecule has 2 heterocycles. The maximum absolute atomic E-state index is 6.11. The van der Waals surface area contributed by atoms with Crippen LogP contribution in [-0.4, -0.2) is 16.5 Å². The van der Waals surface area contributed by atoms with Crippen molar-refractivity contribution in [1.29, 1.82) is 0 Å². The normalized spacial score (nSPS) is 31.4. The predicted octanol–water partition coefficient (Wildman–Crippen LogP) is 3.57. The molecule has 1 aliphatic rings. The SMILES string of the molecule is CC[C@H]1OC(C)(C)O[C@@H](n2cccc2)C1(C)C. The molecule has 1 saturated heterocycles. The van der Waals surface area contributed by atoms with Crippen LogP contribution in [0.3, 0.4) is 0 Å². The first-order valence-corrected chi connectivity index (χ1v) is 6.35. The zero-order valence-electron chi connectivity index (χ0n) is 11.4. The molecule has 0 unspecified atom stereocenters. The van der Waals surface area contributed by atoms with Crippen molar-refractivity contribution in [3.05, 3.63) is 24.5 Å². The van der Waals surface area contributed by atoms with Crippen LogP contribution in [0.1, 0.15) is 47.3 Å². The van der Waals surface area contributed by atoms with E-state index in [9.17, 15) is 0 Å².